The first kappa shape index (κ1) is 26.8. The van der Waals surface area contributed by atoms with Crippen molar-refractivity contribution in [1.82, 2.24) is 15.5 Å². The summed E-state index contributed by atoms with van der Waals surface area (Å²) in [5, 5.41) is 26.0. The maximum atomic E-state index is 14.2. The fourth-order valence-electron chi connectivity index (χ4n) is 4.14. The summed E-state index contributed by atoms with van der Waals surface area (Å²) in [6.45, 7) is 3.99. The highest BCUT2D eigenvalue weighted by molar-refractivity contribution is 5.97. The number of hydrogen-bond acceptors (Lipinski definition) is 5. The number of amides is 3. The Bertz CT molecular complexity index is 1130. The van der Waals surface area contributed by atoms with Gasteiger partial charge in [0.15, 0.2) is 6.10 Å². The second-order valence-electron chi connectivity index (χ2n) is 8.74. The first-order valence-corrected chi connectivity index (χ1v) is 11.4. The summed E-state index contributed by atoms with van der Waals surface area (Å²) in [6, 6.07) is 10.4. The largest absolute Gasteiger partial charge is 0.508 e. The Hall–Kier alpha value is -3.79. The Morgan fingerprint density at radius 1 is 1.19 bits per heavy atom. The van der Waals surface area contributed by atoms with Gasteiger partial charge < -0.3 is 25.7 Å². The lowest BCUT2D eigenvalue weighted by molar-refractivity contribution is -0.147. The van der Waals surface area contributed by atoms with Crippen LogP contribution < -0.4 is 10.6 Å². The molecule has 0 aromatic heterocycles. The van der Waals surface area contributed by atoms with Crippen LogP contribution in [0.25, 0.3) is 0 Å². The van der Waals surface area contributed by atoms with Crippen LogP contribution in [0.2, 0.25) is 0 Å². The molecular formula is C26H29F2N3O5. The van der Waals surface area contributed by atoms with Crippen molar-refractivity contribution in [2.45, 2.75) is 43.9 Å². The Morgan fingerprint density at radius 2 is 1.89 bits per heavy atom. The number of alkyl halides is 2. The lowest BCUT2D eigenvalue weighted by Gasteiger charge is -2.30. The fraction of sp³-hybridized carbons (Fsp3) is 0.346. The van der Waals surface area contributed by atoms with Crippen LogP contribution in [0.3, 0.4) is 0 Å². The second-order valence-corrected chi connectivity index (χ2v) is 8.74. The first-order valence-electron chi connectivity index (χ1n) is 11.4. The van der Waals surface area contributed by atoms with E-state index in [0.717, 1.165) is 0 Å². The smallest absolute Gasteiger partial charge is 0.267 e. The average Bonchev–Trinajstić information content (AvgIpc) is 3.18. The molecule has 0 saturated carbocycles. The molecule has 3 atom stereocenters. The van der Waals surface area contributed by atoms with Crippen LogP contribution in [0.4, 0.5) is 8.78 Å². The minimum atomic E-state index is -3.32. The van der Waals surface area contributed by atoms with Crippen LogP contribution in [0, 0.1) is 6.92 Å². The van der Waals surface area contributed by atoms with Crippen LogP contribution in [0.5, 0.6) is 5.75 Å². The Morgan fingerprint density at radius 3 is 2.56 bits per heavy atom. The number of carbonyl (C=O) groups excluding carboxylic acids is 3. The summed E-state index contributed by atoms with van der Waals surface area (Å²) >= 11 is 0. The summed E-state index contributed by atoms with van der Waals surface area (Å²) in [4.78, 5) is 39.4. The zero-order valence-corrected chi connectivity index (χ0v) is 19.8. The molecule has 0 unspecified atom stereocenters. The minimum absolute atomic E-state index is 0.00884. The van der Waals surface area contributed by atoms with E-state index in [2.05, 4.69) is 17.2 Å². The number of rotatable bonds is 9. The van der Waals surface area contributed by atoms with Gasteiger partial charge in [-0.05, 0) is 31.0 Å². The van der Waals surface area contributed by atoms with E-state index in [-0.39, 0.29) is 24.3 Å². The summed E-state index contributed by atoms with van der Waals surface area (Å²) in [7, 11) is 0. The van der Waals surface area contributed by atoms with Gasteiger partial charge in [0.2, 0.25) is 5.91 Å². The van der Waals surface area contributed by atoms with Gasteiger partial charge in [-0.15, -0.1) is 6.58 Å². The first-order chi connectivity index (χ1) is 17.0. The highest BCUT2D eigenvalue weighted by Gasteiger charge is 2.51. The number of carbonyl (C=O) groups is 3. The molecule has 0 aliphatic carbocycles. The van der Waals surface area contributed by atoms with Crippen molar-refractivity contribution in [1.29, 1.82) is 0 Å². The van der Waals surface area contributed by atoms with Gasteiger partial charge in [0.05, 0.1) is 12.6 Å². The molecule has 8 nitrogen and oxygen atoms in total. The van der Waals surface area contributed by atoms with Crippen molar-refractivity contribution in [3.05, 3.63) is 77.9 Å². The number of likely N-dealkylation sites (tertiary alicyclic amines) is 1. The van der Waals surface area contributed by atoms with Gasteiger partial charge in [0, 0.05) is 24.1 Å². The van der Waals surface area contributed by atoms with Crippen molar-refractivity contribution < 1.29 is 33.4 Å². The van der Waals surface area contributed by atoms with Crippen LogP contribution >= 0.6 is 0 Å². The van der Waals surface area contributed by atoms with E-state index in [4.69, 9.17) is 0 Å². The Kier molecular flexibility index (Phi) is 8.41. The van der Waals surface area contributed by atoms with Crippen LogP contribution in [-0.2, 0) is 16.0 Å². The van der Waals surface area contributed by atoms with E-state index in [1.54, 1.807) is 30.3 Å². The average molecular weight is 502 g/mol. The third kappa shape index (κ3) is 6.25. The highest BCUT2D eigenvalue weighted by Crippen LogP contribution is 2.33. The number of aliphatic hydroxyl groups is 1. The summed E-state index contributed by atoms with van der Waals surface area (Å²) < 4.78 is 28.5. The molecule has 1 fully saturated rings. The second kappa shape index (κ2) is 11.3. The molecule has 3 amide bonds. The standard InChI is InChI=1S/C26H29F2N3O5/c1-3-12-29-24(35)20-14-26(27,28)15-31(20)25(36)22(33)19(13-17-8-5-4-6-9-17)30-23(34)18-10-7-11-21(32)16(18)2/h3-11,19-20,22,32-33H,1,12-15H2,2H3,(H,29,35)(H,30,34)/t19-,20-,22-/m0/s1. The molecule has 2 aromatic rings. The SMILES string of the molecule is C=CCNC(=O)[C@@H]1CC(F)(F)CN1C(=O)[C@@H](O)[C@H](Cc1ccccc1)NC(=O)c1cccc(O)c1C. The number of nitrogens with zero attached hydrogens (tertiary/aromatic N) is 1. The molecule has 192 valence electrons. The van der Waals surface area contributed by atoms with Gasteiger partial charge in [-0.25, -0.2) is 8.78 Å². The molecule has 0 bridgehead atoms. The monoisotopic (exact) mass is 501 g/mol. The molecule has 1 aliphatic heterocycles. The fourth-order valence-corrected chi connectivity index (χ4v) is 4.14. The lowest BCUT2D eigenvalue weighted by Crippen LogP contribution is -2.56. The van der Waals surface area contributed by atoms with Crippen LogP contribution in [0.1, 0.15) is 27.9 Å². The predicted octanol–water partition coefficient (Wildman–Crippen LogP) is 1.94. The molecule has 1 aliphatic rings. The predicted molar refractivity (Wildman–Crippen MR) is 129 cm³/mol. The Labute approximate surface area is 207 Å². The number of phenolic OH excluding ortho intramolecular Hbond substituents is 1. The normalized spacial score (nSPS) is 18.2. The number of aromatic hydroxyl groups is 1. The van der Waals surface area contributed by atoms with E-state index < -0.39 is 54.8 Å². The molecule has 1 heterocycles. The van der Waals surface area contributed by atoms with Gasteiger partial charge in [0.1, 0.15) is 11.8 Å². The van der Waals surface area contributed by atoms with Crippen molar-refractivity contribution >= 4 is 17.7 Å². The van der Waals surface area contributed by atoms with Gasteiger partial charge >= 0.3 is 0 Å². The third-order valence-electron chi connectivity index (χ3n) is 6.08. The van der Waals surface area contributed by atoms with E-state index in [1.165, 1.54) is 31.2 Å². The van der Waals surface area contributed by atoms with Gasteiger partial charge in [-0.2, -0.15) is 0 Å². The Balaban J connectivity index is 1.88. The van der Waals surface area contributed by atoms with Gasteiger partial charge in [0.25, 0.3) is 17.7 Å². The van der Waals surface area contributed by atoms with Crippen molar-refractivity contribution in [3.8, 4) is 5.75 Å². The third-order valence-corrected chi connectivity index (χ3v) is 6.08. The quantitative estimate of drug-likeness (QED) is 0.392. The molecule has 36 heavy (non-hydrogen) atoms. The number of hydrogen-bond donors (Lipinski definition) is 4. The minimum Gasteiger partial charge on any atom is -0.508 e. The maximum Gasteiger partial charge on any atom is 0.267 e. The highest BCUT2D eigenvalue weighted by atomic mass is 19.3. The number of halogens is 2. The number of benzene rings is 2. The number of phenols is 1. The molecule has 3 rings (SSSR count). The zero-order chi connectivity index (χ0) is 26.5. The molecule has 0 spiro atoms. The van der Waals surface area contributed by atoms with E-state index in [1.807, 2.05) is 0 Å². The van der Waals surface area contributed by atoms with E-state index >= 15 is 0 Å². The van der Waals surface area contributed by atoms with Crippen molar-refractivity contribution in [2.24, 2.45) is 0 Å². The zero-order valence-electron chi connectivity index (χ0n) is 19.8. The molecule has 10 heteroatoms. The summed E-state index contributed by atoms with van der Waals surface area (Å²) in [6.07, 6.45) is -1.42. The number of aliphatic hydroxyl groups excluding tert-OH is 1. The van der Waals surface area contributed by atoms with Crippen molar-refractivity contribution in [2.75, 3.05) is 13.1 Å². The van der Waals surface area contributed by atoms with E-state index in [0.29, 0.717) is 16.0 Å². The van der Waals surface area contributed by atoms with Crippen LogP contribution in [-0.4, -0.2) is 70.0 Å². The van der Waals surface area contributed by atoms with Gasteiger partial charge in [-0.1, -0.05) is 42.5 Å². The molecule has 2 aromatic carbocycles. The number of nitrogens with one attached hydrogen (secondary N) is 2. The van der Waals surface area contributed by atoms with E-state index in [9.17, 15) is 33.4 Å². The molecular weight excluding hydrogens is 472 g/mol. The van der Waals surface area contributed by atoms with Crippen molar-refractivity contribution in [3.63, 3.8) is 0 Å². The van der Waals surface area contributed by atoms with Crippen LogP contribution in [0.15, 0.2) is 61.2 Å². The summed E-state index contributed by atoms with van der Waals surface area (Å²) in [5.41, 5.74) is 1.10. The maximum absolute atomic E-state index is 14.2. The molecule has 1 saturated heterocycles. The lowest BCUT2D eigenvalue weighted by atomic mass is 9.98. The molecule has 4 N–H and O–H groups in total. The van der Waals surface area contributed by atoms with Gasteiger partial charge in [-0.3, -0.25) is 14.4 Å². The summed E-state index contributed by atoms with van der Waals surface area (Å²) in [5.74, 6) is -5.97. The topological polar surface area (TPSA) is 119 Å². The molecule has 0 radical (unpaired) electrons.